The van der Waals surface area contributed by atoms with E-state index in [4.69, 9.17) is 42.1 Å². The van der Waals surface area contributed by atoms with Crippen LogP contribution < -0.4 is 5.32 Å². The number of aliphatic hydroxyl groups excluding tert-OH is 3. The zero-order chi connectivity index (χ0) is 39.5. The predicted molar refractivity (Wildman–Crippen MR) is 199 cm³/mol. The Hall–Kier alpha value is -1.78. The maximum Gasteiger partial charge on any atom is 0.322 e. The molecule has 2 amide bonds. The van der Waals surface area contributed by atoms with Crippen LogP contribution in [0.25, 0.3) is 0 Å². The fourth-order valence-corrected chi connectivity index (χ4v) is 8.19. The predicted octanol–water partition coefficient (Wildman–Crippen LogP) is 4.54. The summed E-state index contributed by atoms with van der Waals surface area (Å²) in [6.45, 7) is 13.6. The number of benzene rings is 1. The molecule has 2 unspecified atom stereocenters. The number of ether oxygens (including phenoxy) is 4. The van der Waals surface area contributed by atoms with Crippen molar-refractivity contribution in [3.8, 4) is 0 Å². The molecule has 2 fully saturated rings. The lowest BCUT2D eigenvalue weighted by molar-refractivity contribution is -0.301. The monoisotopic (exact) mass is 777 g/mol. The number of carbonyl (C=O) groups excluding carboxylic acids is 2. The molecule has 13 nitrogen and oxygen atoms in total. The van der Waals surface area contributed by atoms with E-state index < -0.39 is 77.9 Å². The number of anilines is 1. The third-order valence-corrected chi connectivity index (χ3v) is 11.6. The molecule has 1 aromatic rings. The third kappa shape index (κ3) is 10.1. The lowest BCUT2D eigenvalue weighted by Crippen LogP contribution is -2.61. The Morgan fingerprint density at radius 1 is 1.10 bits per heavy atom. The van der Waals surface area contributed by atoms with Gasteiger partial charge in [-0.25, -0.2) is 4.79 Å². The van der Waals surface area contributed by atoms with Crippen LogP contribution in [0.2, 0.25) is 10.0 Å². The van der Waals surface area contributed by atoms with Crippen LogP contribution in [0.4, 0.5) is 10.5 Å². The van der Waals surface area contributed by atoms with Gasteiger partial charge in [-0.1, -0.05) is 44.0 Å². The molecule has 2 heterocycles. The smallest absolute Gasteiger partial charge is 0.322 e. The average molecular weight is 779 g/mol. The van der Waals surface area contributed by atoms with Crippen LogP contribution in [0.15, 0.2) is 18.2 Å². The van der Waals surface area contributed by atoms with Crippen LogP contribution in [0.5, 0.6) is 0 Å². The number of rotatable bonds is 6. The van der Waals surface area contributed by atoms with Gasteiger partial charge in [-0.15, -0.1) is 0 Å². The number of urea groups is 1. The van der Waals surface area contributed by atoms with E-state index in [1.807, 2.05) is 39.8 Å². The Morgan fingerprint density at radius 3 is 2.29 bits per heavy atom. The van der Waals surface area contributed by atoms with Crippen LogP contribution in [0.3, 0.4) is 0 Å². The second-order valence-electron chi connectivity index (χ2n) is 15.5. The summed E-state index contributed by atoms with van der Waals surface area (Å²) in [5.74, 6) is -3.03. The minimum atomic E-state index is -2.01. The second kappa shape index (κ2) is 18.2. The molecule has 2 saturated heterocycles. The Labute approximate surface area is 318 Å². The van der Waals surface area contributed by atoms with E-state index in [9.17, 15) is 30.0 Å². The van der Waals surface area contributed by atoms with Crippen molar-refractivity contribution in [2.24, 2.45) is 17.8 Å². The van der Waals surface area contributed by atoms with Crippen molar-refractivity contribution in [2.75, 3.05) is 33.1 Å². The number of cyclic esters (lactones) is 1. The van der Waals surface area contributed by atoms with E-state index in [0.29, 0.717) is 11.4 Å². The number of aliphatic hydroxyl groups is 4. The van der Waals surface area contributed by atoms with Crippen molar-refractivity contribution in [3.05, 3.63) is 28.2 Å². The first-order valence-electron chi connectivity index (χ1n) is 18.1. The molecular formula is C37H61Cl2N3O10. The van der Waals surface area contributed by atoms with Crippen molar-refractivity contribution >= 4 is 40.9 Å². The first-order chi connectivity index (χ1) is 24.1. The Balaban J connectivity index is 2.14. The average Bonchev–Trinajstić information content (AvgIpc) is 3.08. The maximum absolute atomic E-state index is 14.1. The molecule has 2 aliphatic rings. The first-order valence-corrected chi connectivity index (χ1v) is 18.9. The number of nitrogens with zero attached hydrogens (tertiary/aromatic N) is 2. The molecule has 0 spiro atoms. The molecule has 3 rings (SSSR count). The summed E-state index contributed by atoms with van der Waals surface area (Å²) in [5, 5.41) is 50.1. The molecule has 1 aromatic carbocycles. The van der Waals surface area contributed by atoms with E-state index in [2.05, 4.69) is 5.32 Å². The number of hydrogen-bond donors (Lipinski definition) is 5. The zero-order valence-corrected chi connectivity index (χ0v) is 33.9. The van der Waals surface area contributed by atoms with Gasteiger partial charge < -0.3 is 54.5 Å². The molecule has 0 aliphatic carbocycles. The second-order valence-corrected chi connectivity index (χ2v) is 16.4. The summed E-state index contributed by atoms with van der Waals surface area (Å²) in [7, 11) is 5.25. The summed E-state index contributed by atoms with van der Waals surface area (Å²) in [5.41, 5.74) is -2.90. The van der Waals surface area contributed by atoms with Crippen LogP contribution in [-0.4, -0.2) is 136 Å². The molecule has 298 valence electrons. The van der Waals surface area contributed by atoms with Crippen molar-refractivity contribution in [1.29, 1.82) is 0 Å². The van der Waals surface area contributed by atoms with Gasteiger partial charge in [-0.3, -0.25) is 4.79 Å². The largest absolute Gasteiger partial charge is 0.459 e. The van der Waals surface area contributed by atoms with Gasteiger partial charge in [0.25, 0.3) is 0 Å². The van der Waals surface area contributed by atoms with Crippen molar-refractivity contribution in [1.82, 2.24) is 9.80 Å². The molecule has 0 radical (unpaired) electrons. The number of carbonyl (C=O) groups is 2. The molecule has 0 aromatic heterocycles. The quantitative estimate of drug-likeness (QED) is 0.257. The summed E-state index contributed by atoms with van der Waals surface area (Å²) in [4.78, 5) is 31.0. The lowest BCUT2D eigenvalue weighted by atomic mass is 9.77. The third-order valence-electron chi connectivity index (χ3n) is 11.0. The highest BCUT2D eigenvalue weighted by molar-refractivity contribution is 6.36. The minimum absolute atomic E-state index is 0.0588. The van der Waals surface area contributed by atoms with Gasteiger partial charge in [0.15, 0.2) is 6.29 Å². The fourth-order valence-electron chi connectivity index (χ4n) is 7.73. The number of amides is 2. The summed E-state index contributed by atoms with van der Waals surface area (Å²) in [6, 6.07) is 2.73. The Bertz CT molecular complexity index is 1360. The van der Waals surface area contributed by atoms with E-state index in [1.165, 1.54) is 31.9 Å². The maximum atomic E-state index is 14.1. The lowest BCUT2D eigenvalue weighted by Gasteiger charge is -2.48. The van der Waals surface area contributed by atoms with Crippen LogP contribution in [0, 0.1) is 17.8 Å². The van der Waals surface area contributed by atoms with Crippen LogP contribution in [-0.2, 0) is 23.7 Å². The van der Waals surface area contributed by atoms with Crippen molar-refractivity contribution in [3.63, 3.8) is 0 Å². The number of methoxy groups -OCH3 is 1. The summed E-state index contributed by atoms with van der Waals surface area (Å²) < 4.78 is 24.8. The van der Waals surface area contributed by atoms with E-state index in [1.54, 1.807) is 32.9 Å². The SMILES string of the molecule is CC[C@H]1OC(=O)[C@H](C)C(O)[C@H](C)[C@@H](O[C@@H]2O[C@H](C)C[C@H](N(C)C)[C@H]2O)C(C)(OC)C[C@@H](C)CN(C(=O)Nc2ccc(Cl)cc2Cl)[C@H](C)[C@@H](O)[C@]1(C)O. The number of hydrogen-bond acceptors (Lipinski definition) is 11. The highest BCUT2D eigenvalue weighted by Gasteiger charge is 2.51. The van der Waals surface area contributed by atoms with Gasteiger partial charge in [-0.05, 0) is 92.1 Å². The number of halogens is 2. The van der Waals surface area contributed by atoms with Gasteiger partial charge in [0.2, 0.25) is 0 Å². The molecule has 0 bridgehead atoms. The van der Waals surface area contributed by atoms with E-state index in [0.717, 1.165) is 0 Å². The number of esters is 1. The molecular weight excluding hydrogens is 717 g/mol. The van der Waals surface area contributed by atoms with Crippen molar-refractivity contribution < 1.29 is 49.0 Å². The normalized spacial score (nSPS) is 40.1. The van der Waals surface area contributed by atoms with Gasteiger partial charge in [-0.2, -0.15) is 0 Å². The molecule has 15 heteroatoms. The number of likely N-dealkylation sites (N-methyl/N-ethyl adjacent to an activating group) is 1. The summed E-state index contributed by atoms with van der Waals surface area (Å²) >= 11 is 12.5. The Kier molecular flexibility index (Phi) is 15.6. The van der Waals surface area contributed by atoms with Gasteiger partial charge >= 0.3 is 12.0 Å². The van der Waals surface area contributed by atoms with Gasteiger partial charge in [0.1, 0.15) is 23.9 Å². The highest BCUT2D eigenvalue weighted by atomic mass is 35.5. The standard InChI is InChI=1S/C37H61Cl2N3O10/c1-12-28-37(8,48)31(45)23(6)42(35(47)40-26-14-13-24(38)16-25(26)39)18-19(2)17-36(7,49-11)32(21(4)29(43)22(5)33(46)51-28)52-34-30(44)27(41(9)10)15-20(3)50-34/h13-14,16,19-23,27-32,34,43-45,48H,12,15,17-18H2,1-11H3,(H,40,47)/t19-,20-,21+,22-,23-,27+,28-,29?,30-,31-,32-,34+,36?,37-/m1/s1. The molecule has 5 N–H and O–H groups in total. The highest BCUT2D eigenvalue weighted by Crippen LogP contribution is 2.38. The first kappa shape index (κ1) is 44.6. The Morgan fingerprint density at radius 2 is 1.73 bits per heavy atom. The summed E-state index contributed by atoms with van der Waals surface area (Å²) in [6.07, 6.45) is -6.50. The van der Waals surface area contributed by atoms with E-state index in [-0.39, 0.29) is 48.2 Å². The van der Waals surface area contributed by atoms with E-state index >= 15 is 0 Å². The molecule has 52 heavy (non-hydrogen) atoms. The topological polar surface area (TPSA) is 170 Å². The fraction of sp³-hybridized carbons (Fsp3) is 0.784. The number of nitrogens with one attached hydrogen (secondary N) is 1. The van der Waals surface area contributed by atoms with Gasteiger partial charge in [0.05, 0.1) is 46.6 Å². The van der Waals surface area contributed by atoms with Gasteiger partial charge in [0, 0.05) is 30.6 Å². The molecule has 0 saturated carbocycles. The molecule has 14 atom stereocenters. The minimum Gasteiger partial charge on any atom is -0.459 e. The van der Waals surface area contributed by atoms with Crippen molar-refractivity contribution in [2.45, 2.75) is 141 Å². The van der Waals surface area contributed by atoms with Crippen LogP contribution in [0.1, 0.15) is 74.7 Å². The zero-order valence-electron chi connectivity index (χ0n) is 32.4. The molecule has 2 aliphatic heterocycles. The van der Waals surface area contributed by atoms with Crippen LogP contribution >= 0.6 is 23.2 Å².